The summed E-state index contributed by atoms with van der Waals surface area (Å²) in [5.74, 6) is 0.520. The zero-order valence-corrected chi connectivity index (χ0v) is 11.5. The van der Waals surface area contributed by atoms with Crippen LogP contribution in [0.4, 0.5) is 0 Å². The van der Waals surface area contributed by atoms with Gasteiger partial charge in [0.15, 0.2) is 0 Å². The van der Waals surface area contributed by atoms with Crippen LogP contribution in [0.15, 0.2) is 41.1 Å². The Morgan fingerprint density at radius 2 is 2.28 bits per heavy atom. The maximum absolute atomic E-state index is 12.0. The van der Waals surface area contributed by atoms with Crippen molar-refractivity contribution >= 4 is 21.8 Å². The number of carbonyl (C=O) groups excluding carboxylic acids is 1. The maximum atomic E-state index is 12.0. The van der Waals surface area contributed by atoms with Crippen LogP contribution < -0.4 is 10.1 Å². The molecule has 0 fully saturated rings. The number of methoxy groups -OCH3 is 1. The Kier molecular flexibility index (Phi) is 4.04. The lowest BCUT2D eigenvalue weighted by Crippen LogP contribution is -2.23. The summed E-state index contributed by atoms with van der Waals surface area (Å²) in [6, 6.07) is 7.22. The molecule has 2 aromatic rings. The monoisotopic (exact) mass is 308 g/mol. The van der Waals surface area contributed by atoms with Gasteiger partial charge in [-0.3, -0.25) is 4.79 Å². The molecule has 18 heavy (non-hydrogen) atoms. The second kappa shape index (κ2) is 5.73. The standard InChI is InChI=1S/C13H13BrN2O2/c1-18-10-2-3-12(14)11(6-10)13(17)16-8-9-4-5-15-7-9/h2-7,15H,8H2,1H3,(H,16,17). The first-order valence-electron chi connectivity index (χ1n) is 5.44. The second-order valence-corrected chi connectivity index (χ2v) is 4.60. The lowest BCUT2D eigenvalue weighted by Gasteiger charge is -2.08. The zero-order valence-electron chi connectivity index (χ0n) is 9.87. The Hall–Kier alpha value is -1.75. The van der Waals surface area contributed by atoms with Crippen LogP contribution in [-0.2, 0) is 6.54 Å². The molecular formula is C13H13BrN2O2. The van der Waals surface area contributed by atoms with Crippen LogP contribution in [0.1, 0.15) is 15.9 Å². The zero-order chi connectivity index (χ0) is 13.0. The van der Waals surface area contributed by atoms with E-state index < -0.39 is 0 Å². The molecule has 4 nitrogen and oxygen atoms in total. The van der Waals surface area contributed by atoms with Gasteiger partial charge in [0.2, 0.25) is 0 Å². The molecular weight excluding hydrogens is 296 g/mol. The summed E-state index contributed by atoms with van der Waals surface area (Å²) in [6.45, 7) is 0.492. The first-order chi connectivity index (χ1) is 8.70. The van der Waals surface area contributed by atoms with E-state index in [9.17, 15) is 4.79 Å². The highest BCUT2D eigenvalue weighted by Crippen LogP contribution is 2.22. The average molecular weight is 309 g/mol. The molecule has 0 saturated heterocycles. The number of aromatic amines is 1. The molecule has 0 spiro atoms. The SMILES string of the molecule is COc1ccc(Br)c(C(=O)NCc2cc[nH]c2)c1. The van der Waals surface area contributed by atoms with E-state index in [0.717, 1.165) is 10.0 Å². The highest BCUT2D eigenvalue weighted by molar-refractivity contribution is 9.10. The van der Waals surface area contributed by atoms with Gasteiger partial charge in [-0.2, -0.15) is 0 Å². The van der Waals surface area contributed by atoms with E-state index in [1.807, 2.05) is 18.5 Å². The Labute approximate surface area is 113 Å². The minimum Gasteiger partial charge on any atom is -0.497 e. The predicted octanol–water partition coefficient (Wildman–Crippen LogP) is 2.72. The fourth-order valence-corrected chi connectivity index (χ4v) is 1.98. The number of aromatic nitrogens is 1. The summed E-state index contributed by atoms with van der Waals surface area (Å²) >= 11 is 3.36. The molecule has 0 saturated carbocycles. The molecule has 2 rings (SSSR count). The topological polar surface area (TPSA) is 54.1 Å². The van der Waals surface area contributed by atoms with E-state index >= 15 is 0 Å². The molecule has 0 atom stereocenters. The Balaban J connectivity index is 2.08. The first kappa shape index (κ1) is 12.7. The molecule has 0 bridgehead atoms. The minimum atomic E-state index is -0.137. The van der Waals surface area contributed by atoms with Gasteiger partial charge in [-0.15, -0.1) is 0 Å². The van der Waals surface area contributed by atoms with E-state index in [4.69, 9.17) is 4.74 Å². The fraction of sp³-hybridized carbons (Fsp3) is 0.154. The largest absolute Gasteiger partial charge is 0.497 e. The smallest absolute Gasteiger partial charge is 0.252 e. The van der Waals surface area contributed by atoms with E-state index in [-0.39, 0.29) is 5.91 Å². The van der Waals surface area contributed by atoms with Crippen molar-refractivity contribution in [3.63, 3.8) is 0 Å². The van der Waals surface area contributed by atoms with Gasteiger partial charge in [-0.05, 0) is 45.8 Å². The lowest BCUT2D eigenvalue weighted by molar-refractivity contribution is 0.0950. The number of benzene rings is 1. The van der Waals surface area contributed by atoms with Gasteiger partial charge in [-0.1, -0.05) is 0 Å². The third-order valence-corrected chi connectivity index (χ3v) is 3.23. The van der Waals surface area contributed by atoms with E-state index in [1.165, 1.54) is 0 Å². The van der Waals surface area contributed by atoms with Crippen molar-refractivity contribution in [3.05, 3.63) is 52.3 Å². The van der Waals surface area contributed by atoms with Crippen LogP contribution in [0, 0.1) is 0 Å². The molecule has 1 aromatic carbocycles. The molecule has 0 aliphatic carbocycles. The van der Waals surface area contributed by atoms with Crippen LogP contribution in [0.2, 0.25) is 0 Å². The quantitative estimate of drug-likeness (QED) is 0.912. The number of halogens is 1. The number of hydrogen-bond acceptors (Lipinski definition) is 2. The van der Waals surface area contributed by atoms with Gasteiger partial charge in [0.25, 0.3) is 5.91 Å². The first-order valence-corrected chi connectivity index (χ1v) is 6.23. The van der Waals surface area contributed by atoms with Crippen molar-refractivity contribution in [2.24, 2.45) is 0 Å². The van der Waals surface area contributed by atoms with Crippen LogP contribution in [-0.4, -0.2) is 18.0 Å². The number of rotatable bonds is 4. The Bertz CT molecular complexity index is 538. The molecule has 2 N–H and O–H groups in total. The normalized spacial score (nSPS) is 10.1. The third kappa shape index (κ3) is 2.92. The summed E-state index contributed by atoms with van der Waals surface area (Å²) in [4.78, 5) is 15.0. The summed E-state index contributed by atoms with van der Waals surface area (Å²) in [6.07, 6.45) is 3.67. The number of hydrogen-bond donors (Lipinski definition) is 2. The van der Waals surface area contributed by atoms with E-state index in [1.54, 1.807) is 25.3 Å². The predicted molar refractivity (Wildman–Crippen MR) is 72.7 cm³/mol. The molecule has 5 heteroatoms. The molecule has 1 heterocycles. The van der Waals surface area contributed by atoms with Gasteiger partial charge in [0, 0.05) is 23.4 Å². The molecule has 1 aromatic heterocycles. The van der Waals surface area contributed by atoms with Gasteiger partial charge < -0.3 is 15.0 Å². The van der Waals surface area contributed by atoms with Crippen LogP contribution in [0.3, 0.4) is 0 Å². The second-order valence-electron chi connectivity index (χ2n) is 3.75. The summed E-state index contributed by atoms with van der Waals surface area (Å²) in [5.41, 5.74) is 1.59. The molecule has 0 unspecified atom stereocenters. The third-order valence-electron chi connectivity index (χ3n) is 2.53. The summed E-state index contributed by atoms with van der Waals surface area (Å²) < 4.78 is 5.85. The van der Waals surface area contributed by atoms with Crippen molar-refractivity contribution in [2.45, 2.75) is 6.54 Å². The number of ether oxygens (including phenoxy) is 1. The number of nitrogens with one attached hydrogen (secondary N) is 2. The van der Waals surface area contributed by atoms with Gasteiger partial charge in [0.1, 0.15) is 5.75 Å². The number of amides is 1. The highest BCUT2D eigenvalue weighted by Gasteiger charge is 2.11. The molecule has 0 aliphatic rings. The molecule has 0 aliphatic heterocycles. The average Bonchev–Trinajstić information content (AvgIpc) is 2.89. The van der Waals surface area contributed by atoms with Crippen molar-refractivity contribution in [1.29, 1.82) is 0 Å². The Morgan fingerprint density at radius 1 is 1.44 bits per heavy atom. The minimum absolute atomic E-state index is 0.137. The van der Waals surface area contributed by atoms with E-state index in [2.05, 4.69) is 26.2 Å². The van der Waals surface area contributed by atoms with Crippen LogP contribution >= 0.6 is 15.9 Å². The van der Waals surface area contributed by atoms with Crippen molar-refractivity contribution < 1.29 is 9.53 Å². The number of H-pyrrole nitrogens is 1. The van der Waals surface area contributed by atoms with Crippen LogP contribution in [0.25, 0.3) is 0 Å². The summed E-state index contributed by atoms with van der Waals surface area (Å²) in [5, 5.41) is 2.85. The van der Waals surface area contributed by atoms with Crippen molar-refractivity contribution in [2.75, 3.05) is 7.11 Å². The molecule has 94 valence electrons. The highest BCUT2D eigenvalue weighted by atomic mass is 79.9. The van der Waals surface area contributed by atoms with Gasteiger partial charge in [-0.25, -0.2) is 0 Å². The summed E-state index contributed by atoms with van der Waals surface area (Å²) in [7, 11) is 1.57. The maximum Gasteiger partial charge on any atom is 0.252 e. The van der Waals surface area contributed by atoms with Crippen molar-refractivity contribution in [3.8, 4) is 5.75 Å². The lowest BCUT2D eigenvalue weighted by atomic mass is 10.2. The van der Waals surface area contributed by atoms with E-state index in [0.29, 0.717) is 17.9 Å². The van der Waals surface area contributed by atoms with Gasteiger partial charge >= 0.3 is 0 Å². The van der Waals surface area contributed by atoms with Crippen molar-refractivity contribution in [1.82, 2.24) is 10.3 Å². The Morgan fingerprint density at radius 3 is 2.94 bits per heavy atom. The number of carbonyl (C=O) groups is 1. The van der Waals surface area contributed by atoms with Crippen LogP contribution in [0.5, 0.6) is 5.75 Å². The molecule has 1 amide bonds. The fourth-order valence-electron chi connectivity index (χ4n) is 1.55. The molecule has 0 radical (unpaired) electrons. The van der Waals surface area contributed by atoms with Gasteiger partial charge in [0.05, 0.1) is 12.7 Å².